The number of fused-ring (bicyclic) bond motifs is 1. The molecule has 0 spiro atoms. The number of nitrogens with one attached hydrogen (secondary N) is 3. The largest absolute Gasteiger partial charge is 0.497 e. The second-order valence-corrected chi connectivity index (χ2v) is 8.35. The Morgan fingerprint density at radius 2 is 1.88 bits per heavy atom. The van der Waals surface area contributed by atoms with Gasteiger partial charge >= 0.3 is 0 Å². The van der Waals surface area contributed by atoms with E-state index in [4.69, 9.17) is 9.84 Å². The Balaban J connectivity index is 1.51. The van der Waals surface area contributed by atoms with Crippen LogP contribution in [0.3, 0.4) is 0 Å². The smallest absolute Gasteiger partial charge is 0.276 e. The third-order valence-electron chi connectivity index (χ3n) is 5.94. The molecule has 5 rings (SSSR count). The molecule has 9 nitrogen and oxygen atoms in total. The van der Waals surface area contributed by atoms with Crippen LogP contribution < -0.4 is 20.7 Å². The number of nitrogens with zero attached hydrogens (tertiary/aromatic N) is 4. The van der Waals surface area contributed by atoms with Gasteiger partial charge < -0.3 is 20.7 Å². The molecule has 1 saturated carbocycles. The Morgan fingerprint density at radius 3 is 2.68 bits per heavy atom. The number of ether oxygens (including phenoxy) is 1. The number of imidazole rings is 1. The maximum absolute atomic E-state index is 13.1. The van der Waals surface area contributed by atoms with Gasteiger partial charge in [0, 0.05) is 41.9 Å². The van der Waals surface area contributed by atoms with Crippen molar-refractivity contribution < 1.29 is 9.53 Å². The minimum absolute atomic E-state index is 0.298. The Bertz CT molecular complexity index is 1280. The van der Waals surface area contributed by atoms with Crippen LogP contribution in [0.2, 0.25) is 0 Å². The zero-order chi connectivity index (χ0) is 23.3. The third-order valence-corrected chi connectivity index (χ3v) is 5.94. The SMILES string of the molecule is COc1cccc(Nc2cc(NC3CCCCC3)nn3c(C(=O)Nc4ccncc4)cnc23)c1. The molecule has 3 N–H and O–H groups in total. The molecule has 3 aromatic heterocycles. The number of anilines is 4. The molecule has 0 radical (unpaired) electrons. The lowest BCUT2D eigenvalue weighted by molar-refractivity contribution is 0.102. The van der Waals surface area contributed by atoms with Gasteiger partial charge in [0.25, 0.3) is 5.91 Å². The Hall–Kier alpha value is -4.14. The summed E-state index contributed by atoms with van der Waals surface area (Å²) in [6, 6.07) is 13.4. The average Bonchev–Trinajstić information content (AvgIpc) is 3.30. The van der Waals surface area contributed by atoms with E-state index in [-0.39, 0.29) is 5.91 Å². The molecule has 0 bridgehead atoms. The van der Waals surface area contributed by atoms with Gasteiger partial charge in [-0.1, -0.05) is 25.3 Å². The fourth-order valence-electron chi connectivity index (χ4n) is 4.23. The second kappa shape index (κ2) is 9.78. The van der Waals surface area contributed by atoms with Crippen LogP contribution in [0.5, 0.6) is 5.75 Å². The minimum Gasteiger partial charge on any atom is -0.497 e. The predicted octanol–water partition coefficient (Wildman–Crippen LogP) is 4.87. The van der Waals surface area contributed by atoms with Gasteiger partial charge in [0.2, 0.25) is 0 Å². The molecule has 34 heavy (non-hydrogen) atoms. The summed E-state index contributed by atoms with van der Waals surface area (Å²) in [5.74, 6) is 1.14. The van der Waals surface area contributed by atoms with E-state index in [1.165, 1.54) is 19.3 Å². The lowest BCUT2D eigenvalue weighted by Gasteiger charge is -2.23. The molecule has 0 unspecified atom stereocenters. The highest BCUT2D eigenvalue weighted by Gasteiger charge is 2.19. The van der Waals surface area contributed by atoms with E-state index in [1.54, 1.807) is 42.3 Å². The molecule has 3 heterocycles. The van der Waals surface area contributed by atoms with Gasteiger partial charge in [-0.25, -0.2) is 9.50 Å². The standard InChI is InChI=1S/C25H27N7O2/c1-34-20-9-5-8-19(14-20)28-21-15-23(29-17-6-3-2-4-7-17)31-32-22(16-27-24(21)32)25(33)30-18-10-12-26-13-11-18/h5,8-17,28H,2-4,6-7H2,1H3,(H,29,31)(H,26,30,33). The van der Waals surface area contributed by atoms with E-state index in [9.17, 15) is 4.79 Å². The number of amides is 1. The number of carbonyl (C=O) groups excluding carboxylic acids is 1. The zero-order valence-electron chi connectivity index (χ0n) is 19.0. The van der Waals surface area contributed by atoms with E-state index in [0.29, 0.717) is 28.9 Å². The molecule has 0 aliphatic heterocycles. The molecule has 174 valence electrons. The molecule has 1 aliphatic rings. The van der Waals surface area contributed by atoms with Crippen molar-refractivity contribution in [1.29, 1.82) is 0 Å². The molecule has 4 aromatic rings. The van der Waals surface area contributed by atoms with Crippen LogP contribution in [0.25, 0.3) is 5.65 Å². The molecule has 1 aromatic carbocycles. The van der Waals surface area contributed by atoms with Gasteiger partial charge in [-0.2, -0.15) is 0 Å². The molecule has 0 atom stereocenters. The van der Waals surface area contributed by atoms with Crippen molar-refractivity contribution in [2.24, 2.45) is 0 Å². The maximum Gasteiger partial charge on any atom is 0.276 e. The molecule has 0 saturated heterocycles. The van der Waals surface area contributed by atoms with Crippen LogP contribution in [-0.4, -0.2) is 38.6 Å². The van der Waals surface area contributed by atoms with Gasteiger partial charge in [-0.3, -0.25) is 9.78 Å². The van der Waals surface area contributed by atoms with E-state index < -0.39 is 0 Å². The average molecular weight is 458 g/mol. The summed E-state index contributed by atoms with van der Waals surface area (Å²) < 4.78 is 6.94. The number of methoxy groups -OCH3 is 1. The second-order valence-electron chi connectivity index (χ2n) is 8.35. The first-order valence-corrected chi connectivity index (χ1v) is 11.5. The van der Waals surface area contributed by atoms with E-state index in [2.05, 4.69) is 25.9 Å². The molecule has 1 fully saturated rings. The summed E-state index contributed by atoms with van der Waals surface area (Å²) in [5, 5.41) is 14.6. The fourth-order valence-corrected chi connectivity index (χ4v) is 4.23. The summed E-state index contributed by atoms with van der Waals surface area (Å²) in [4.78, 5) is 21.6. The van der Waals surface area contributed by atoms with E-state index >= 15 is 0 Å². The lowest BCUT2D eigenvalue weighted by atomic mass is 9.95. The summed E-state index contributed by atoms with van der Waals surface area (Å²) in [7, 11) is 1.64. The quantitative estimate of drug-likeness (QED) is 0.363. The van der Waals surface area contributed by atoms with E-state index in [1.807, 2.05) is 30.3 Å². The first kappa shape index (κ1) is 21.7. The Labute approximate surface area is 197 Å². The van der Waals surface area contributed by atoms with Crippen molar-refractivity contribution in [2.75, 3.05) is 23.1 Å². The highest BCUT2D eigenvalue weighted by atomic mass is 16.5. The van der Waals surface area contributed by atoms with Gasteiger partial charge in [-0.15, -0.1) is 5.10 Å². The van der Waals surface area contributed by atoms with Gasteiger partial charge in [0.1, 0.15) is 11.6 Å². The third kappa shape index (κ3) is 4.78. The highest BCUT2D eigenvalue weighted by molar-refractivity contribution is 6.03. The molecule has 1 amide bonds. The first-order valence-electron chi connectivity index (χ1n) is 11.5. The topological polar surface area (TPSA) is 105 Å². The Kier molecular flexibility index (Phi) is 6.24. The summed E-state index contributed by atoms with van der Waals surface area (Å²) in [5.41, 5.74) is 3.14. The van der Waals surface area contributed by atoms with Crippen LogP contribution in [0.1, 0.15) is 42.6 Å². The number of pyridine rings is 1. The maximum atomic E-state index is 13.1. The zero-order valence-corrected chi connectivity index (χ0v) is 19.0. The van der Waals surface area contributed by atoms with Crippen molar-refractivity contribution in [3.63, 3.8) is 0 Å². The lowest BCUT2D eigenvalue weighted by Crippen LogP contribution is -2.24. The molecule has 1 aliphatic carbocycles. The number of carbonyl (C=O) groups is 1. The monoisotopic (exact) mass is 457 g/mol. The fraction of sp³-hybridized carbons (Fsp3) is 0.280. The number of aromatic nitrogens is 4. The van der Waals surface area contributed by atoms with Gasteiger partial charge in [0.15, 0.2) is 11.3 Å². The van der Waals surface area contributed by atoms with Crippen LogP contribution in [0.4, 0.5) is 22.9 Å². The number of benzene rings is 1. The highest BCUT2D eigenvalue weighted by Crippen LogP contribution is 2.28. The summed E-state index contributed by atoms with van der Waals surface area (Å²) in [6.45, 7) is 0. The van der Waals surface area contributed by atoms with Gasteiger partial charge in [-0.05, 0) is 37.1 Å². The number of hydrogen-bond donors (Lipinski definition) is 3. The van der Waals surface area contributed by atoms with E-state index in [0.717, 1.165) is 30.0 Å². The van der Waals surface area contributed by atoms with Crippen molar-refractivity contribution in [2.45, 2.75) is 38.1 Å². The number of rotatable bonds is 7. The first-order chi connectivity index (χ1) is 16.7. The van der Waals surface area contributed by atoms with Crippen LogP contribution >= 0.6 is 0 Å². The minimum atomic E-state index is -0.298. The molecular weight excluding hydrogens is 430 g/mol. The Morgan fingerprint density at radius 1 is 1.06 bits per heavy atom. The normalized spacial score (nSPS) is 14.0. The summed E-state index contributed by atoms with van der Waals surface area (Å²) in [6.07, 6.45) is 10.7. The van der Waals surface area contributed by atoms with Crippen molar-refractivity contribution in [3.05, 3.63) is 66.7 Å². The molecule has 9 heteroatoms. The summed E-state index contributed by atoms with van der Waals surface area (Å²) >= 11 is 0. The molecular formula is C25H27N7O2. The van der Waals surface area contributed by atoms with Crippen LogP contribution in [0.15, 0.2) is 61.1 Å². The van der Waals surface area contributed by atoms with Crippen molar-refractivity contribution in [3.8, 4) is 5.75 Å². The van der Waals surface area contributed by atoms with Gasteiger partial charge in [0.05, 0.1) is 19.0 Å². The predicted molar refractivity (Wildman–Crippen MR) is 132 cm³/mol. The van der Waals surface area contributed by atoms with Crippen LogP contribution in [-0.2, 0) is 0 Å². The van der Waals surface area contributed by atoms with Crippen molar-refractivity contribution >= 4 is 34.4 Å². The van der Waals surface area contributed by atoms with Crippen LogP contribution in [0, 0.1) is 0 Å². The van der Waals surface area contributed by atoms with Crippen molar-refractivity contribution in [1.82, 2.24) is 19.6 Å². The number of hydrogen-bond acceptors (Lipinski definition) is 7.